The van der Waals surface area contributed by atoms with Gasteiger partial charge in [-0.15, -0.1) is 5.10 Å². The summed E-state index contributed by atoms with van der Waals surface area (Å²) in [5.41, 5.74) is 5.37. The van der Waals surface area contributed by atoms with Gasteiger partial charge in [0.25, 0.3) is 0 Å². The van der Waals surface area contributed by atoms with E-state index >= 15 is 0 Å². The van der Waals surface area contributed by atoms with Crippen LogP contribution in [0.2, 0.25) is 0 Å². The van der Waals surface area contributed by atoms with E-state index in [1.807, 2.05) is 13.8 Å². The number of hydrogen-bond acceptors (Lipinski definition) is 5. The monoisotopic (exact) mass is 226 g/mol. The molecule has 1 aromatic heterocycles. The molecule has 0 saturated heterocycles. The maximum Gasteiger partial charge on any atom is 0.242 e. The largest absolute Gasteiger partial charge is 0.348 e. The molecule has 0 fully saturated rings. The number of amides is 1. The van der Waals surface area contributed by atoms with E-state index in [0.717, 1.165) is 12.8 Å². The first-order valence-corrected chi connectivity index (χ1v) is 5.37. The van der Waals surface area contributed by atoms with Gasteiger partial charge in [0.15, 0.2) is 0 Å². The molecule has 1 amide bonds. The lowest BCUT2D eigenvalue weighted by molar-refractivity contribution is -0.123. The third kappa shape index (κ3) is 2.99. The molecule has 0 aliphatic rings. The second kappa shape index (κ2) is 5.55. The molecule has 1 rings (SSSR count). The Labute approximate surface area is 94.4 Å². The second-order valence-corrected chi connectivity index (χ2v) is 3.75. The Morgan fingerprint density at radius 1 is 1.50 bits per heavy atom. The molecule has 0 radical (unpaired) electrons. The number of nitrogens with zero attached hydrogens (tertiary/aromatic N) is 4. The van der Waals surface area contributed by atoms with Gasteiger partial charge >= 0.3 is 0 Å². The summed E-state index contributed by atoms with van der Waals surface area (Å²) in [7, 11) is 0. The maximum atomic E-state index is 11.7. The van der Waals surface area contributed by atoms with Crippen molar-refractivity contribution in [2.75, 3.05) is 6.54 Å². The number of hydrogen-bond donors (Lipinski definition) is 2. The highest BCUT2D eigenvalue weighted by Crippen LogP contribution is 2.12. The molecule has 0 bridgehead atoms. The summed E-state index contributed by atoms with van der Waals surface area (Å²) in [5, 5.41) is 13.5. The van der Waals surface area contributed by atoms with Crippen molar-refractivity contribution < 1.29 is 4.79 Å². The normalized spacial score (nSPS) is 11.4. The minimum absolute atomic E-state index is 0.120. The summed E-state index contributed by atoms with van der Waals surface area (Å²) in [6, 6.07) is 0. The molecule has 0 saturated carbocycles. The van der Waals surface area contributed by atoms with Crippen LogP contribution in [0, 0.1) is 0 Å². The smallest absolute Gasteiger partial charge is 0.242 e. The van der Waals surface area contributed by atoms with Crippen LogP contribution in [-0.2, 0) is 11.3 Å². The molecule has 0 spiro atoms. The first-order valence-electron chi connectivity index (χ1n) is 5.37. The van der Waals surface area contributed by atoms with Crippen LogP contribution in [-0.4, -0.2) is 38.2 Å². The number of carbonyl (C=O) groups is 1. The molecule has 0 atom stereocenters. The SMILES string of the molecule is CCC(CC)(CN)NC(=O)Cn1cnnn1. The van der Waals surface area contributed by atoms with E-state index in [1.54, 1.807) is 0 Å². The minimum Gasteiger partial charge on any atom is -0.348 e. The lowest BCUT2D eigenvalue weighted by atomic mass is 9.93. The summed E-state index contributed by atoms with van der Waals surface area (Å²) < 4.78 is 1.38. The summed E-state index contributed by atoms with van der Waals surface area (Å²) >= 11 is 0. The molecule has 0 aliphatic heterocycles. The van der Waals surface area contributed by atoms with Crippen molar-refractivity contribution in [3.8, 4) is 0 Å². The Morgan fingerprint density at radius 2 is 2.19 bits per heavy atom. The van der Waals surface area contributed by atoms with Crippen LogP contribution in [0.1, 0.15) is 26.7 Å². The van der Waals surface area contributed by atoms with Gasteiger partial charge in [-0.1, -0.05) is 13.8 Å². The van der Waals surface area contributed by atoms with E-state index in [0.29, 0.717) is 6.54 Å². The first-order chi connectivity index (χ1) is 7.65. The lowest BCUT2D eigenvalue weighted by Crippen LogP contribution is -2.53. The van der Waals surface area contributed by atoms with E-state index in [-0.39, 0.29) is 18.0 Å². The number of tetrazole rings is 1. The lowest BCUT2D eigenvalue weighted by Gasteiger charge is -2.31. The standard InChI is InChI=1S/C9H18N6O/c1-3-9(4-2,6-10)12-8(16)5-15-7-11-13-14-15/h7H,3-6,10H2,1-2H3,(H,12,16). The third-order valence-corrected chi connectivity index (χ3v) is 2.85. The molecule has 90 valence electrons. The van der Waals surface area contributed by atoms with Crippen molar-refractivity contribution in [2.45, 2.75) is 38.8 Å². The van der Waals surface area contributed by atoms with Crippen LogP contribution < -0.4 is 11.1 Å². The number of aromatic nitrogens is 4. The van der Waals surface area contributed by atoms with Crippen LogP contribution in [0.5, 0.6) is 0 Å². The van der Waals surface area contributed by atoms with E-state index in [1.165, 1.54) is 11.0 Å². The summed E-state index contributed by atoms with van der Waals surface area (Å²) in [6.07, 6.45) is 3.02. The zero-order valence-corrected chi connectivity index (χ0v) is 9.68. The maximum absolute atomic E-state index is 11.7. The van der Waals surface area contributed by atoms with Gasteiger partial charge in [0.05, 0.1) is 5.54 Å². The molecule has 0 unspecified atom stereocenters. The number of rotatable bonds is 6. The zero-order chi connectivity index (χ0) is 12.0. The fourth-order valence-corrected chi connectivity index (χ4v) is 1.50. The quantitative estimate of drug-likeness (QED) is 0.668. The highest BCUT2D eigenvalue weighted by Gasteiger charge is 2.26. The van der Waals surface area contributed by atoms with Crippen LogP contribution in [0.15, 0.2) is 6.33 Å². The highest BCUT2D eigenvalue weighted by molar-refractivity contribution is 5.76. The van der Waals surface area contributed by atoms with Crippen LogP contribution in [0.4, 0.5) is 0 Å². The molecular formula is C9H18N6O. The Kier molecular flexibility index (Phi) is 4.36. The molecule has 0 aromatic carbocycles. The average molecular weight is 226 g/mol. The molecular weight excluding hydrogens is 208 g/mol. The van der Waals surface area contributed by atoms with E-state index < -0.39 is 0 Å². The predicted molar refractivity (Wildman–Crippen MR) is 58.3 cm³/mol. The topological polar surface area (TPSA) is 98.7 Å². The van der Waals surface area contributed by atoms with Gasteiger partial charge in [0.1, 0.15) is 12.9 Å². The first kappa shape index (κ1) is 12.6. The van der Waals surface area contributed by atoms with Gasteiger partial charge in [-0.2, -0.15) is 0 Å². The molecule has 0 aliphatic carbocycles. The zero-order valence-electron chi connectivity index (χ0n) is 9.68. The van der Waals surface area contributed by atoms with Crippen molar-refractivity contribution >= 4 is 5.91 Å². The molecule has 1 heterocycles. The van der Waals surface area contributed by atoms with Gasteiger partial charge in [-0.05, 0) is 23.3 Å². The summed E-state index contributed by atoms with van der Waals surface area (Å²) in [6.45, 7) is 4.57. The Hall–Kier alpha value is -1.50. The average Bonchev–Trinajstić information content (AvgIpc) is 2.79. The van der Waals surface area contributed by atoms with Gasteiger partial charge in [-0.3, -0.25) is 4.79 Å². The molecule has 16 heavy (non-hydrogen) atoms. The van der Waals surface area contributed by atoms with Gasteiger partial charge in [0.2, 0.25) is 5.91 Å². The van der Waals surface area contributed by atoms with Crippen LogP contribution >= 0.6 is 0 Å². The molecule has 3 N–H and O–H groups in total. The molecule has 1 aromatic rings. The van der Waals surface area contributed by atoms with Gasteiger partial charge in [-0.25, -0.2) is 4.68 Å². The Balaban J connectivity index is 2.55. The predicted octanol–water partition coefficient (Wildman–Crippen LogP) is -0.693. The summed E-state index contributed by atoms with van der Waals surface area (Å²) in [4.78, 5) is 11.7. The van der Waals surface area contributed by atoms with Gasteiger partial charge in [0, 0.05) is 6.54 Å². The Morgan fingerprint density at radius 3 is 2.62 bits per heavy atom. The van der Waals surface area contributed by atoms with Crippen LogP contribution in [0.3, 0.4) is 0 Å². The van der Waals surface area contributed by atoms with Crippen LogP contribution in [0.25, 0.3) is 0 Å². The molecule has 7 nitrogen and oxygen atoms in total. The van der Waals surface area contributed by atoms with Crippen molar-refractivity contribution in [3.05, 3.63) is 6.33 Å². The van der Waals surface area contributed by atoms with E-state index in [4.69, 9.17) is 5.73 Å². The van der Waals surface area contributed by atoms with E-state index in [2.05, 4.69) is 20.8 Å². The molecule has 7 heteroatoms. The minimum atomic E-state index is -0.314. The number of carbonyl (C=O) groups excluding carboxylic acids is 1. The van der Waals surface area contributed by atoms with E-state index in [9.17, 15) is 4.79 Å². The highest BCUT2D eigenvalue weighted by atomic mass is 16.2. The van der Waals surface area contributed by atoms with Crippen molar-refractivity contribution in [2.24, 2.45) is 5.73 Å². The number of nitrogens with two attached hydrogens (primary N) is 1. The second-order valence-electron chi connectivity index (χ2n) is 3.75. The fourth-order valence-electron chi connectivity index (χ4n) is 1.50. The van der Waals surface area contributed by atoms with Crippen molar-refractivity contribution in [3.63, 3.8) is 0 Å². The fraction of sp³-hybridized carbons (Fsp3) is 0.778. The van der Waals surface area contributed by atoms with Crippen molar-refractivity contribution in [1.29, 1.82) is 0 Å². The van der Waals surface area contributed by atoms with Crippen molar-refractivity contribution in [1.82, 2.24) is 25.5 Å². The third-order valence-electron chi connectivity index (χ3n) is 2.85. The Bertz CT molecular complexity index is 310. The van der Waals surface area contributed by atoms with Gasteiger partial charge < -0.3 is 11.1 Å². The summed E-state index contributed by atoms with van der Waals surface area (Å²) in [5.74, 6) is -0.124. The number of nitrogens with one attached hydrogen (secondary N) is 1.